The van der Waals surface area contributed by atoms with Crippen molar-refractivity contribution in [1.29, 1.82) is 0 Å². The van der Waals surface area contributed by atoms with Crippen molar-refractivity contribution >= 4 is 23.6 Å². The first kappa shape index (κ1) is 23.3. The summed E-state index contributed by atoms with van der Waals surface area (Å²) >= 11 is 1.61. The lowest BCUT2D eigenvalue weighted by Gasteiger charge is -2.18. The number of benzene rings is 2. The Hall–Kier alpha value is -3.32. The van der Waals surface area contributed by atoms with Gasteiger partial charge < -0.3 is 14.8 Å². The molecule has 0 aliphatic heterocycles. The summed E-state index contributed by atoms with van der Waals surface area (Å²) in [5, 5.41) is 2.84. The lowest BCUT2D eigenvalue weighted by atomic mass is 9.96. The van der Waals surface area contributed by atoms with Gasteiger partial charge in [0.1, 0.15) is 18.4 Å². The molecule has 1 heterocycles. The van der Waals surface area contributed by atoms with Crippen LogP contribution in [0.2, 0.25) is 0 Å². The van der Waals surface area contributed by atoms with Gasteiger partial charge in [0.2, 0.25) is 0 Å². The van der Waals surface area contributed by atoms with E-state index in [0.29, 0.717) is 24.3 Å². The molecule has 0 fully saturated rings. The minimum absolute atomic E-state index is 0.319. The Bertz CT molecular complexity index is 1030. The molecule has 1 amide bonds. The van der Waals surface area contributed by atoms with Crippen molar-refractivity contribution in [1.82, 2.24) is 10.3 Å². The van der Waals surface area contributed by atoms with Crippen LogP contribution in [0.5, 0.6) is 5.75 Å². The fourth-order valence-corrected chi connectivity index (χ4v) is 3.67. The molecule has 1 atom stereocenters. The molecule has 0 saturated carbocycles. The number of ether oxygens (including phenoxy) is 2. The highest BCUT2D eigenvalue weighted by atomic mass is 32.2. The SMILES string of the molecule is COC(=O)C(CCSC)NC(=O)c1ccc(COc2cccnc2)cc1-c1ccccc1. The molecule has 0 bridgehead atoms. The molecule has 166 valence electrons. The second kappa shape index (κ2) is 11.9. The predicted octanol–water partition coefficient (Wildman–Crippen LogP) is 4.35. The molecule has 3 aromatic rings. The van der Waals surface area contributed by atoms with E-state index in [4.69, 9.17) is 9.47 Å². The van der Waals surface area contributed by atoms with Gasteiger partial charge in [-0.1, -0.05) is 36.4 Å². The number of amides is 1. The third-order valence-electron chi connectivity index (χ3n) is 4.85. The molecule has 6 nitrogen and oxygen atoms in total. The van der Waals surface area contributed by atoms with Gasteiger partial charge in [-0.3, -0.25) is 9.78 Å². The average Bonchev–Trinajstić information content (AvgIpc) is 2.85. The molecule has 0 radical (unpaired) electrons. The van der Waals surface area contributed by atoms with Gasteiger partial charge in [0.25, 0.3) is 5.91 Å². The summed E-state index contributed by atoms with van der Waals surface area (Å²) < 4.78 is 10.7. The Morgan fingerprint density at radius 2 is 1.91 bits per heavy atom. The van der Waals surface area contributed by atoms with Crippen LogP contribution in [0.25, 0.3) is 11.1 Å². The summed E-state index contributed by atoms with van der Waals surface area (Å²) in [6.45, 7) is 0.339. The molecule has 1 aromatic heterocycles. The standard InChI is InChI=1S/C25H26N2O4S/c1-30-25(29)23(12-14-32-2)27-24(28)21-11-10-18(17-31-20-9-6-13-26-16-20)15-22(21)19-7-4-3-5-8-19/h3-11,13,15-16,23H,12,14,17H2,1-2H3,(H,27,28). The minimum atomic E-state index is -0.697. The van der Waals surface area contributed by atoms with E-state index in [2.05, 4.69) is 10.3 Å². The highest BCUT2D eigenvalue weighted by molar-refractivity contribution is 7.98. The molecule has 0 aliphatic carbocycles. The minimum Gasteiger partial charge on any atom is -0.487 e. The second-order valence-electron chi connectivity index (χ2n) is 7.05. The van der Waals surface area contributed by atoms with Crippen LogP contribution in [0.1, 0.15) is 22.3 Å². The highest BCUT2D eigenvalue weighted by Crippen LogP contribution is 2.26. The number of thioether (sulfide) groups is 1. The Kier molecular flexibility index (Phi) is 8.69. The maximum Gasteiger partial charge on any atom is 0.328 e. The Morgan fingerprint density at radius 1 is 1.09 bits per heavy atom. The van der Waals surface area contributed by atoms with Gasteiger partial charge >= 0.3 is 5.97 Å². The van der Waals surface area contributed by atoms with E-state index in [9.17, 15) is 9.59 Å². The molecule has 0 saturated heterocycles. The normalized spacial score (nSPS) is 11.4. The summed E-state index contributed by atoms with van der Waals surface area (Å²) in [6, 6.07) is 18.2. The molecule has 32 heavy (non-hydrogen) atoms. The molecule has 1 unspecified atom stereocenters. The van der Waals surface area contributed by atoms with Crippen LogP contribution < -0.4 is 10.1 Å². The number of hydrogen-bond acceptors (Lipinski definition) is 6. The topological polar surface area (TPSA) is 77.5 Å². The zero-order chi connectivity index (χ0) is 22.8. The Labute approximate surface area is 192 Å². The van der Waals surface area contributed by atoms with Crippen molar-refractivity contribution < 1.29 is 19.1 Å². The lowest BCUT2D eigenvalue weighted by molar-refractivity contribution is -0.142. The lowest BCUT2D eigenvalue weighted by Crippen LogP contribution is -2.42. The molecular formula is C25H26N2O4S. The fraction of sp³-hybridized carbons (Fsp3) is 0.240. The van der Waals surface area contributed by atoms with Crippen molar-refractivity contribution in [3.05, 3.63) is 84.2 Å². The number of aromatic nitrogens is 1. The number of methoxy groups -OCH3 is 1. The van der Waals surface area contributed by atoms with E-state index in [1.807, 2.05) is 60.9 Å². The van der Waals surface area contributed by atoms with Gasteiger partial charge in [-0.2, -0.15) is 11.8 Å². The largest absolute Gasteiger partial charge is 0.487 e. The maximum absolute atomic E-state index is 13.2. The van der Waals surface area contributed by atoms with E-state index < -0.39 is 12.0 Å². The van der Waals surface area contributed by atoms with Crippen LogP contribution in [0.3, 0.4) is 0 Å². The van der Waals surface area contributed by atoms with Crippen molar-refractivity contribution in [2.75, 3.05) is 19.1 Å². The smallest absolute Gasteiger partial charge is 0.328 e. The number of nitrogens with zero attached hydrogens (tertiary/aromatic N) is 1. The summed E-state index contributed by atoms with van der Waals surface area (Å²) in [4.78, 5) is 29.4. The van der Waals surface area contributed by atoms with Crippen LogP contribution in [-0.2, 0) is 16.1 Å². The van der Waals surface area contributed by atoms with Crippen LogP contribution in [0.4, 0.5) is 0 Å². The molecule has 7 heteroatoms. The number of pyridine rings is 1. The zero-order valence-corrected chi connectivity index (χ0v) is 18.9. The first-order valence-electron chi connectivity index (χ1n) is 10.2. The first-order chi connectivity index (χ1) is 15.6. The van der Waals surface area contributed by atoms with Crippen molar-refractivity contribution in [2.45, 2.75) is 19.1 Å². The number of rotatable bonds is 10. The van der Waals surface area contributed by atoms with Gasteiger partial charge in [0.15, 0.2) is 0 Å². The molecule has 1 N–H and O–H groups in total. The number of hydrogen-bond donors (Lipinski definition) is 1. The number of carbonyl (C=O) groups is 2. The summed E-state index contributed by atoms with van der Waals surface area (Å²) in [7, 11) is 1.33. The van der Waals surface area contributed by atoms with Gasteiger partial charge in [0, 0.05) is 11.8 Å². The summed E-state index contributed by atoms with van der Waals surface area (Å²) in [5.41, 5.74) is 3.07. The monoisotopic (exact) mass is 450 g/mol. The predicted molar refractivity (Wildman–Crippen MR) is 127 cm³/mol. The van der Waals surface area contributed by atoms with E-state index in [-0.39, 0.29) is 5.91 Å². The quantitative estimate of drug-likeness (QED) is 0.463. The van der Waals surface area contributed by atoms with Crippen LogP contribution in [-0.4, -0.2) is 42.0 Å². The molecular weight excluding hydrogens is 424 g/mol. The van der Waals surface area contributed by atoms with Gasteiger partial charge in [-0.25, -0.2) is 4.79 Å². The molecule has 0 aliphatic rings. The zero-order valence-electron chi connectivity index (χ0n) is 18.1. The third kappa shape index (κ3) is 6.34. The summed E-state index contributed by atoms with van der Waals surface area (Å²) in [6.07, 6.45) is 5.79. The molecule has 2 aromatic carbocycles. The first-order valence-corrected chi connectivity index (χ1v) is 11.6. The van der Waals surface area contributed by atoms with Gasteiger partial charge in [-0.05, 0) is 59.4 Å². The van der Waals surface area contributed by atoms with Crippen LogP contribution >= 0.6 is 11.8 Å². The van der Waals surface area contributed by atoms with E-state index >= 15 is 0 Å². The molecule has 3 rings (SSSR count). The number of esters is 1. The molecule has 0 spiro atoms. The Balaban J connectivity index is 1.86. The number of carbonyl (C=O) groups excluding carboxylic acids is 2. The summed E-state index contributed by atoms with van der Waals surface area (Å²) in [5.74, 6) is 0.636. The van der Waals surface area contributed by atoms with Crippen molar-refractivity contribution in [3.8, 4) is 16.9 Å². The van der Waals surface area contributed by atoms with Gasteiger partial charge in [0.05, 0.1) is 13.3 Å². The van der Waals surface area contributed by atoms with Crippen LogP contribution in [0, 0.1) is 0 Å². The van der Waals surface area contributed by atoms with E-state index in [0.717, 1.165) is 22.4 Å². The average molecular weight is 451 g/mol. The second-order valence-corrected chi connectivity index (χ2v) is 8.04. The Morgan fingerprint density at radius 3 is 2.59 bits per heavy atom. The van der Waals surface area contributed by atoms with Gasteiger partial charge in [-0.15, -0.1) is 0 Å². The third-order valence-corrected chi connectivity index (χ3v) is 5.50. The fourth-order valence-electron chi connectivity index (χ4n) is 3.20. The maximum atomic E-state index is 13.2. The number of nitrogens with one attached hydrogen (secondary N) is 1. The van der Waals surface area contributed by atoms with Crippen molar-refractivity contribution in [2.24, 2.45) is 0 Å². The van der Waals surface area contributed by atoms with E-state index in [1.54, 1.807) is 30.2 Å². The van der Waals surface area contributed by atoms with Crippen molar-refractivity contribution in [3.63, 3.8) is 0 Å². The highest BCUT2D eigenvalue weighted by Gasteiger charge is 2.23. The van der Waals surface area contributed by atoms with E-state index in [1.165, 1.54) is 7.11 Å². The van der Waals surface area contributed by atoms with Crippen LogP contribution in [0.15, 0.2) is 73.1 Å².